The molecule has 0 saturated carbocycles. The van der Waals surface area contributed by atoms with Gasteiger partial charge in [0.25, 0.3) is 0 Å². The van der Waals surface area contributed by atoms with Crippen LogP contribution in [-0.4, -0.2) is 25.8 Å². The van der Waals surface area contributed by atoms with Crippen LogP contribution in [0.15, 0.2) is 28.7 Å². The third-order valence-electron chi connectivity index (χ3n) is 5.21. The Labute approximate surface area is 130 Å². The second kappa shape index (κ2) is 6.17. The molecule has 0 bridgehead atoms. The summed E-state index contributed by atoms with van der Waals surface area (Å²) in [5, 5.41) is 3.60. The topological polar surface area (TPSA) is 21.3 Å². The number of benzene rings is 1. The molecule has 1 N–H and O–H groups in total. The lowest BCUT2D eigenvalue weighted by atomic mass is 9.62. The number of nitrogens with one attached hydrogen (secondary N) is 1. The molecule has 20 heavy (non-hydrogen) atoms. The normalized spacial score (nSPS) is 34.3. The molecule has 110 valence electrons. The first-order valence-electron chi connectivity index (χ1n) is 7.82. The van der Waals surface area contributed by atoms with E-state index in [9.17, 15) is 0 Å². The SMILES string of the molecule is CCC1CC2(CCNCC2c2ccccc2Br)CCO1. The Bertz CT molecular complexity index is 460. The molecule has 3 atom stereocenters. The van der Waals surface area contributed by atoms with Crippen molar-refractivity contribution in [1.82, 2.24) is 5.32 Å². The zero-order chi connectivity index (χ0) is 14.0. The molecule has 1 aromatic rings. The highest BCUT2D eigenvalue weighted by Crippen LogP contribution is 2.51. The van der Waals surface area contributed by atoms with Crippen LogP contribution < -0.4 is 5.32 Å². The van der Waals surface area contributed by atoms with Crippen molar-refractivity contribution in [2.45, 2.75) is 44.6 Å². The van der Waals surface area contributed by atoms with Crippen LogP contribution in [0, 0.1) is 5.41 Å². The second-order valence-corrected chi connectivity index (χ2v) is 7.10. The van der Waals surface area contributed by atoms with Crippen molar-refractivity contribution < 1.29 is 4.74 Å². The fraction of sp³-hybridized carbons (Fsp3) is 0.647. The largest absolute Gasteiger partial charge is 0.378 e. The van der Waals surface area contributed by atoms with Gasteiger partial charge in [0, 0.05) is 23.5 Å². The van der Waals surface area contributed by atoms with Crippen molar-refractivity contribution in [1.29, 1.82) is 0 Å². The van der Waals surface area contributed by atoms with Crippen LogP contribution in [0.3, 0.4) is 0 Å². The Morgan fingerprint density at radius 1 is 1.35 bits per heavy atom. The molecule has 2 aliphatic rings. The molecule has 3 rings (SSSR count). The summed E-state index contributed by atoms with van der Waals surface area (Å²) in [5.74, 6) is 0.602. The van der Waals surface area contributed by atoms with E-state index in [2.05, 4.69) is 52.4 Å². The van der Waals surface area contributed by atoms with E-state index in [1.807, 2.05) is 0 Å². The molecule has 2 saturated heterocycles. The quantitative estimate of drug-likeness (QED) is 0.877. The summed E-state index contributed by atoms with van der Waals surface area (Å²) in [6.45, 7) is 5.42. The molecule has 0 aliphatic carbocycles. The summed E-state index contributed by atoms with van der Waals surface area (Å²) in [6.07, 6.45) is 5.29. The fourth-order valence-electron chi connectivity index (χ4n) is 4.02. The number of ether oxygens (including phenoxy) is 1. The van der Waals surface area contributed by atoms with Gasteiger partial charge in [-0.1, -0.05) is 41.1 Å². The minimum Gasteiger partial charge on any atom is -0.378 e. The maximum Gasteiger partial charge on any atom is 0.0578 e. The van der Waals surface area contributed by atoms with Crippen LogP contribution in [0.2, 0.25) is 0 Å². The minimum atomic E-state index is 0.425. The number of piperidine rings is 1. The van der Waals surface area contributed by atoms with Crippen LogP contribution in [-0.2, 0) is 4.74 Å². The molecule has 3 heteroatoms. The monoisotopic (exact) mass is 337 g/mol. The maximum atomic E-state index is 5.94. The van der Waals surface area contributed by atoms with E-state index in [0.717, 1.165) is 26.1 Å². The molecule has 0 aromatic heterocycles. The van der Waals surface area contributed by atoms with E-state index in [4.69, 9.17) is 4.74 Å². The first-order chi connectivity index (χ1) is 9.75. The summed E-state index contributed by atoms with van der Waals surface area (Å²) in [6, 6.07) is 8.74. The van der Waals surface area contributed by atoms with Crippen molar-refractivity contribution >= 4 is 15.9 Å². The molecule has 2 aliphatic heterocycles. The van der Waals surface area contributed by atoms with E-state index in [1.54, 1.807) is 0 Å². The van der Waals surface area contributed by atoms with Gasteiger partial charge in [-0.25, -0.2) is 0 Å². The highest BCUT2D eigenvalue weighted by atomic mass is 79.9. The average Bonchev–Trinajstić information content (AvgIpc) is 2.49. The van der Waals surface area contributed by atoms with Crippen LogP contribution in [0.5, 0.6) is 0 Å². The number of hydrogen-bond acceptors (Lipinski definition) is 2. The molecule has 2 fully saturated rings. The maximum absolute atomic E-state index is 5.94. The van der Waals surface area contributed by atoms with Gasteiger partial charge in [-0.05, 0) is 49.3 Å². The van der Waals surface area contributed by atoms with E-state index in [1.165, 1.54) is 29.3 Å². The summed E-state index contributed by atoms with van der Waals surface area (Å²) in [4.78, 5) is 0. The molecule has 1 aromatic carbocycles. The summed E-state index contributed by atoms with van der Waals surface area (Å²) < 4.78 is 7.19. The van der Waals surface area contributed by atoms with Crippen molar-refractivity contribution in [3.63, 3.8) is 0 Å². The fourth-order valence-corrected chi connectivity index (χ4v) is 4.58. The van der Waals surface area contributed by atoms with Crippen molar-refractivity contribution in [3.8, 4) is 0 Å². The number of hydrogen-bond donors (Lipinski definition) is 1. The third kappa shape index (κ3) is 2.68. The zero-order valence-electron chi connectivity index (χ0n) is 12.2. The van der Waals surface area contributed by atoms with Gasteiger partial charge in [0.15, 0.2) is 0 Å². The Hall–Kier alpha value is -0.380. The first kappa shape index (κ1) is 14.6. The highest BCUT2D eigenvalue weighted by Gasteiger charge is 2.45. The van der Waals surface area contributed by atoms with E-state index in [-0.39, 0.29) is 0 Å². The Kier molecular flexibility index (Phi) is 4.49. The molecule has 0 amide bonds. The van der Waals surface area contributed by atoms with Crippen LogP contribution in [0.1, 0.15) is 44.1 Å². The predicted octanol–water partition coefficient (Wildman–Crippen LogP) is 4.10. The van der Waals surface area contributed by atoms with E-state index in [0.29, 0.717) is 17.4 Å². The van der Waals surface area contributed by atoms with Crippen LogP contribution in [0.4, 0.5) is 0 Å². The number of halogens is 1. The second-order valence-electron chi connectivity index (χ2n) is 6.25. The Morgan fingerprint density at radius 2 is 2.20 bits per heavy atom. The van der Waals surface area contributed by atoms with Gasteiger partial charge >= 0.3 is 0 Å². The molecule has 2 nitrogen and oxygen atoms in total. The Balaban J connectivity index is 1.93. The summed E-state index contributed by atoms with van der Waals surface area (Å²) >= 11 is 3.75. The van der Waals surface area contributed by atoms with Gasteiger partial charge < -0.3 is 10.1 Å². The van der Waals surface area contributed by atoms with Crippen molar-refractivity contribution in [2.75, 3.05) is 19.7 Å². The van der Waals surface area contributed by atoms with Crippen LogP contribution in [0.25, 0.3) is 0 Å². The van der Waals surface area contributed by atoms with Gasteiger partial charge in [-0.15, -0.1) is 0 Å². The smallest absolute Gasteiger partial charge is 0.0578 e. The number of rotatable bonds is 2. The van der Waals surface area contributed by atoms with Gasteiger partial charge in [-0.2, -0.15) is 0 Å². The first-order valence-corrected chi connectivity index (χ1v) is 8.61. The zero-order valence-corrected chi connectivity index (χ0v) is 13.8. The highest BCUT2D eigenvalue weighted by molar-refractivity contribution is 9.10. The predicted molar refractivity (Wildman–Crippen MR) is 86.1 cm³/mol. The van der Waals surface area contributed by atoms with Gasteiger partial charge in [0.1, 0.15) is 0 Å². The average molecular weight is 338 g/mol. The Morgan fingerprint density at radius 3 is 3.00 bits per heavy atom. The van der Waals surface area contributed by atoms with Gasteiger partial charge in [-0.3, -0.25) is 0 Å². The summed E-state index contributed by atoms with van der Waals surface area (Å²) in [5.41, 5.74) is 1.89. The third-order valence-corrected chi connectivity index (χ3v) is 5.93. The lowest BCUT2D eigenvalue weighted by molar-refractivity contribution is -0.0691. The standard InChI is InChI=1S/C17H24BrNO/c1-2-13-11-17(8-10-20-13)7-9-19-12-15(17)14-5-3-4-6-16(14)18/h3-6,13,15,19H,2,7-12H2,1H3. The van der Waals surface area contributed by atoms with Gasteiger partial charge in [0.05, 0.1) is 6.10 Å². The molecule has 3 unspecified atom stereocenters. The lowest BCUT2D eigenvalue weighted by Gasteiger charge is -2.49. The van der Waals surface area contributed by atoms with Crippen molar-refractivity contribution in [2.24, 2.45) is 5.41 Å². The minimum absolute atomic E-state index is 0.425. The van der Waals surface area contributed by atoms with Gasteiger partial charge in [0.2, 0.25) is 0 Å². The molecular formula is C17H24BrNO. The van der Waals surface area contributed by atoms with E-state index >= 15 is 0 Å². The molecular weight excluding hydrogens is 314 g/mol. The van der Waals surface area contributed by atoms with E-state index < -0.39 is 0 Å². The van der Waals surface area contributed by atoms with Crippen LogP contribution >= 0.6 is 15.9 Å². The van der Waals surface area contributed by atoms with Crippen molar-refractivity contribution in [3.05, 3.63) is 34.3 Å². The summed E-state index contributed by atoms with van der Waals surface area (Å²) in [7, 11) is 0. The molecule has 2 heterocycles. The molecule has 1 spiro atoms. The molecule has 0 radical (unpaired) electrons. The lowest BCUT2D eigenvalue weighted by Crippen LogP contribution is -2.48.